The van der Waals surface area contributed by atoms with Gasteiger partial charge in [0, 0.05) is 0 Å². The standard InChI is InChI=1S/C7H15O/c1-5-7(4)8-6(2)3/h7H,5H2,1-4H3. The number of rotatable bonds is 3. The molecule has 1 heteroatoms. The van der Waals surface area contributed by atoms with Crippen LogP contribution in [0.15, 0.2) is 0 Å². The van der Waals surface area contributed by atoms with Crippen LogP contribution in [0.25, 0.3) is 0 Å². The highest BCUT2D eigenvalue weighted by atomic mass is 16.5. The molecular weight excluding hydrogens is 100 g/mol. The maximum atomic E-state index is 5.32. The molecule has 49 valence electrons. The van der Waals surface area contributed by atoms with Gasteiger partial charge in [0.15, 0.2) is 0 Å². The lowest BCUT2D eigenvalue weighted by molar-refractivity contribution is 0.0827. The number of ether oxygens (including phenoxy) is 1. The van der Waals surface area contributed by atoms with Gasteiger partial charge in [0.05, 0.1) is 12.2 Å². The van der Waals surface area contributed by atoms with Gasteiger partial charge in [-0.15, -0.1) is 0 Å². The summed E-state index contributed by atoms with van der Waals surface area (Å²) in [5, 5.41) is 0. The van der Waals surface area contributed by atoms with Gasteiger partial charge in [-0.05, 0) is 27.2 Å². The summed E-state index contributed by atoms with van der Waals surface area (Å²) in [7, 11) is 0. The Balaban J connectivity index is 3.10. The van der Waals surface area contributed by atoms with Gasteiger partial charge in [0.25, 0.3) is 0 Å². The van der Waals surface area contributed by atoms with E-state index >= 15 is 0 Å². The summed E-state index contributed by atoms with van der Waals surface area (Å²) in [6.07, 6.45) is 2.53. The Morgan fingerprint density at radius 2 is 2.00 bits per heavy atom. The molecule has 0 amide bonds. The molecule has 0 fully saturated rings. The monoisotopic (exact) mass is 115 g/mol. The molecule has 8 heavy (non-hydrogen) atoms. The molecule has 1 nitrogen and oxygen atoms in total. The Morgan fingerprint density at radius 3 is 2.12 bits per heavy atom. The molecule has 1 unspecified atom stereocenters. The minimum atomic E-state index is 0.389. The number of hydrogen-bond donors (Lipinski definition) is 0. The third-order valence-electron chi connectivity index (χ3n) is 1.01. The highest BCUT2D eigenvalue weighted by Crippen LogP contribution is 2.05. The van der Waals surface area contributed by atoms with Crippen LogP contribution >= 0.6 is 0 Å². The van der Waals surface area contributed by atoms with Crippen LogP contribution in [0.2, 0.25) is 0 Å². The predicted molar refractivity (Wildman–Crippen MR) is 35.4 cm³/mol. The van der Waals surface area contributed by atoms with Crippen LogP contribution in [0.4, 0.5) is 0 Å². The van der Waals surface area contributed by atoms with Crippen molar-refractivity contribution in [3.8, 4) is 0 Å². The summed E-state index contributed by atoms with van der Waals surface area (Å²) >= 11 is 0. The molecule has 0 heterocycles. The number of hydrogen-bond acceptors (Lipinski definition) is 1. The van der Waals surface area contributed by atoms with Crippen LogP contribution in [0, 0.1) is 6.10 Å². The molecular formula is C7H15O. The van der Waals surface area contributed by atoms with E-state index in [0.717, 1.165) is 12.5 Å². The Bertz CT molecular complexity index is 50.3. The van der Waals surface area contributed by atoms with Crippen LogP contribution in [-0.2, 0) is 4.74 Å². The lowest BCUT2D eigenvalue weighted by Crippen LogP contribution is -2.06. The first-order chi connectivity index (χ1) is 3.66. The fraction of sp³-hybridized carbons (Fsp3) is 0.857. The van der Waals surface area contributed by atoms with E-state index in [1.807, 2.05) is 13.8 Å². The smallest absolute Gasteiger partial charge is 0.0913 e. The summed E-state index contributed by atoms with van der Waals surface area (Å²) < 4.78 is 5.32. The van der Waals surface area contributed by atoms with Gasteiger partial charge >= 0.3 is 0 Å². The molecule has 0 aromatic rings. The van der Waals surface area contributed by atoms with Crippen LogP contribution in [0.3, 0.4) is 0 Å². The van der Waals surface area contributed by atoms with E-state index in [9.17, 15) is 0 Å². The average molecular weight is 115 g/mol. The molecule has 0 bridgehead atoms. The van der Waals surface area contributed by atoms with E-state index in [4.69, 9.17) is 4.74 Å². The molecule has 1 radical (unpaired) electrons. The maximum absolute atomic E-state index is 5.32. The molecule has 0 saturated carbocycles. The van der Waals surface area contributed by atoms with Gasteiger partial charge in [-0.25, -0.2) is 0 Å². The summed E-state index contributed by atoms with van der Waals surface area (Å²) in [4.78, 5) is 0. The van der Waals surface area contributed by atoms with Crippen LogP contribution in [-0.4, -0.2) is 6.10 Å². The average Bonchev–Trinajstić information content (AvgIpc) is 1.65. The summed E-state index contributed by atoms with van der Waals surface area (Å²) in [5.74, 6) is 0. The second-order valence-corrected chi connectivity index (χ2v) is 2.24. The van der Waals surface area contributed by atoms with Gasteiger partial charge in [0.2, 0.25) is 0 Å². The summed E-state index contributed by atoms with van der Waals surface area (Å²) in [5.41, 5.74) is 0. The van der Waals surface area contributed by atoms with Crippen molar-refractivity contribution in [2.45, 2.75) is 40.2 Å². The minimum absolute atomic E-state index is 0.389. The Hall–Kier alpha value is -0.0400. The van der Waals surface area contributed by atoms with E-state index in [0.29, 0.717) is 6.10 Å². The van der Waals surface area contributed by atoms with Gasteiger partial charge in [-0.2, -0.15) is 0 Å². The lowest BCUT2D eigenvalue weighted by atomic mass is 10.3. The Kier molecular flexibility index (Phi) is 3.88. The minimum Gasteiger partial charge on any atom is -0.370 e. The Morgan fingerprint density at radius 1 is 1.50 bits per heavy atom. The topological polar surface area (TPSA) is 9.23 Å². The van der Waals surface area contributed by atoms with E-state index in [-0.39, 0.29) is 0 Å². The molecule has 0 spiro atoms. The first-order valence-corrected chi connectivity index (χ1v) is 3.13. The molecule has 0 aromatic heterocycles. The van der Waals surface area contributed by atoms with Crippen molar-refractivity contribution in [1.29, 1.82) is 0 Å². The predicted octanol–water partition coefficient (Wildman–Crippen LogP) is 2.37. The van der Waals surface area contributed by atoms with Crippen molar-refractivity contribution in [3.05, 3.63) is 6.10 Å². The van der Waals surface area contributed by atoms with Crippen LogP contribution in [0.5, 0.6) is 0 Å². The van der Waals surface area contributed by atoms with E-state index < -0.39 is 0 Å². The zero-order valence-corrected chi connectivity index (χ0v) is 6.19. The SMILES string of the molecule is CCC(C)O[C](C)C. The first kappa shape index (κ1) is 7.96. The molecule has 0 aromatic carbocycles. The van der Waals surface area contributed by atoms with E-state index in [1.165, 1.54) is 0 Å². The first-order valence-electron chi connectivity index (χ1n) is 3.13. The van der Waals surface area contributed by atoms with Gasteiger partial charge in [-0.3, -0.25) is 0 Å². The molecule has 0 aliphatic rings. The van der Waals surface area contributed by atoms with Crippen molar-refractivity contribution in [1.82, 2.24) is 0 Å². The summed E-state index contributed by atoms with van der Waals surface area (Å²) in [6, 6.07) is 0. The van der Waals surface area contributed by atoms with Crippen LogP contribution in [0.1, 0.15) is 34.1 Å². The Labute approximate surface area is 52.0 Å². The molecule has 0 N–H and O–H groups in total. The quantitative estimate of drug-likeness (QED) is 0.548. The molecule has 1 atom stereocenters. The fourth-order valence-electron chi connectivity index (χ4n) is 0.486. The lowest BCUT2D eigenvalue weighted by Gasteiger charge is -2.11. The molecule has 0 saturated heterocycles. The largest absolute Gasteiger partial charge is 0.370 e. The normalized spacial score (nSPS) is 14.6. The van der Waals surface area contributed by atoms with Crippen molar-refractivity contribution < 1.29 is 4.74 Å². The second-order valence-electron chi connectivity index (χ2n) is 2.24. The fourth-order valence-corrected chi connectivity index (χ4v) is 0.486. The van der Waals surface area contributed by atoms with Gasteiger partial charge < -0.3 is 4.74 Å². The van der Waals surface area contributed by atoms with Crippen molar-refractivity contribution in [3.63, 3.8) is 0 Å². The molecule has 0 aliphatic heterocycles. The second kappa shape index (κ2) is 3.90. The highest BCUT2D eigenvalue weighted by Gasteiger charge is 2.00. The third kappa shape index (κ3) is 4.13. The van der Waals surface area contributed by atoms with Crippen molar-refractivity contribution in [2.24, 2.45) is 0 Å². The van der Waals surface area contributed by atoms with Crippen LogP contribution < -0.4 is 0 Å². The third-order valence-corrected chi connectivity index (χ3v) is 1.01. The van der Waals surface area contributed by atoms with E-state index in [1.54, 1.807) is 0 Å². The van der Waals surface area contributed by atoms with E-state index in [2.05, 4.69) is 13.8 Å². The van der Waals surface area contributed by atoms with Crippen molar-refractivity contribution in [2.75, 3.05) is 0 Å². The highest BCUT2D eigenvalue weighted by molar-refractivity contribution is 4.62. The van der Waals surface area contributed by atoms with Gasteiger partial charge in [-0.1, -0.05) is 6.92 Å². The molecule has 0 aliphatic carbocycles. The zero-order valence-electron chi connectivity index (χ0n) is 6.19. The zero-order chi connectivity index (χ0) is 6.57. The molecule has 0 rings (SSSR count). The summed E-state index contributed by atoms with van der Waals surface area (Å²) in [6.45, 7) is 8.15. The van der Waals surface area contributed by atoms with Gasteiger partial charge in [0.1, 0.15) is 0 Å². The van der Waals surface area contributed by atoms with Crippen molar-refractivity contribution >= 4 is 0 Å². The maximum Gasteiger partial charge on any atom is 0.0913 e.